The number of carbonyl (C=O) groups excluding carboxylic acids is 1. The van der Waals surface area contributed by atoms with Gasteiger partial charge in [-0.25, -0.2) is 0 Å². The number of amides is 1. The standard InChI is InChI=1S/C21H22ClN3O2/c1-27-19-8-2-15(3-9-19)14-25(18-6-7-18)11-10-21(26)24-17-5-4-16(13-23)20(22)12-17/h2-5,8-9,12,18H,6-7,10-11,14H2,1H3,(H,24,26). The van der Waals surface area contributed by atoms with Crippen LogP contribution in [-0.4, -0.2) is 30.5 Å². The van der Waals surface area contributed by atoms with E-state index in [4.69, 9.17) is 21.6 Å². The van der Waals surface area contributed by atoms with Gasteiger partial charge in [0.1, 0.15) is 11.8 Å². The quantitative estimate of drug-likeness (QED) is 0.741. The molecule has 0 saturated heterocycles. The van der Waals surface area contributed by atoms with E-state index in [-0.39, 0.29) is 5.91 Å². The van der Waals surface area contributed by atoms with Crippen LogP contribution in [0.5, 0.6) is 5.75 Å². The van der Waals surface area contributed by atoms with Crippen LogP contribution in [0.1, 0.15) is 30.4 Å². The average Bonchev–Trinajstić information content (AvgIpc) is 3.51. The second-order valence-electron chi connectivity index (χ2n) is 6.65. The zero-order valence-electron chi connectivity index (χ0n) is 15.2. The van der Waals surface area contributed by atoms with E-state index in [1.807, 2.05) is 18.2 Å². The van der Waals surface area contributed by atoms with E-state index in [1.54, 1.807) is 25.3 Å². The van der Waals surface area contributed by atoms with E-state index in [1.165, 1.54) is 18.4 Å². The minimum atomic E-state index is -0.0591. The molecule has 3 rings (SSSR count). The molecule has 0 spiro atoms. The summed E-state index contributed by atoms with van der Waals surface area (Å²) in [6.45, 7) is 1.52. The Morgan fingerprint density at radius 1 is 1.30 bits per heavy atom. The number of hydrogen-bond donors (Lipinski definition) is 1. The van der Waals surface area contributed by atoms with E-state index in [9.17, 15) is 4.79 Å². The smallest absolute Gasteiger partial charge is 0.225 e. The SMILES string of the molecule is COc1ccc(CN(CCC(=O)Nc2ccc(C#N)c(Cl)c2)C2CC2)cc1. The normalized spacial score (nSPS) is 13.3. The van der Waals surface area contributed by atoms with Crippen molar-refractivity contribution in [2.24, 2.45) is 0 Å². The van der Waals surface area contributed by atoms with Crippen molar-refractivity contribution in [3.05, 3.63) is 58.6 Å². The molecule has 0 heterocycles. The summed E-state index contributed by atoms with van der Waals surface area (Å²) in [5.41, 5.74) is 2.22. The summed E-state index contributed by atoms with van der Waals surface area (Å²) in [4.78, 5) is 14.7. The number of hydrogen-bond acceptors (Lipinski definition) is 4. The van der Waals surface area contributed by atoms with Crippen LogP contribution in [0, 0.1) is 11.3 Å². The Bertz CT molecular complexity index is 841. The number of nitrogens with one attached hydrogen (secondary N) is 1. The highest BCUT2D eigenvalue weighted by atomic mass is 35.5. The Morgan fingerprint density at radius 2 is 2.04 bits per heavy atom. The molecule has 1 saturated carbocycles. The first-order valence-corrected chi connectivity index (χ1v) is 9.33. The van der Waals surface area contributed by atoms with E-state index in [2.05, 4.69) is 22.3 Å². The van der Waals surface area contributed by atoms with E-state index in [0.717, 1.165) is 12.3 Å². The molecule has 0 atom stereocenters. The summed E-state index contributed by atoms with van der Waals surface area (Å²) in [6.07, 6.45) is 2.77. The highest BCUT2D eigenvalue weighted by Gasteiger charge is 2.29. The Hall–Kier alpha value is -2.55. The monoisotopic (exact) mass is 383 g/mol. The van der Waals surface area contributed by atoms with Crippen molar-refractivity contribution in [2.75, 3.05) is 19.0 Å². The van der Waals surface area contributed by atoms with Gasteiger partial charge in [0.2, 0.25) is 5.91 Å². The van der Waals surface area contributed by atoms with Crippen LogP contribution in [0.2, 0.25) is 5.02 Å². The lowest BCUT2D eigenvalue weighted by atomic mass is 10.2. The first-order chi connectivity index (χ1) is 13.1. The molecule has 2 aromatic carbocycles. The van der Waals surface area contributed by atoms with Gasteiger partial charge in [-0.15, -0.1) is 0 Å². The Kier molecular flexibility index (Phi) is 6.33. The number of anilines is 1. The van der Waals surface area contributed by atoms with Gasteiger partial charge in [0.15, 0.2) is 0 Å². The summed E-state index contributed by atoms with van der Waals surface area (Å²) >= 11 is 6.01. The third kappa shape index (κ3) is 5.46. The molecule has 27 heavy (non-hydrogen) atoms. The maximum Gasteiger partial charge on any atom is 0.225 e. The van der Waals surface area contributed by atoms with Gasteiger partial charge >= 0.3 is 0 Å². The summed E-state index contributed by atoms with van der Waals surface area (Å²) in [7, 11) is 1.66. The van der Waals surface area contributed by atoms with Gasteiger partial charge in [-0.05, 0) is 48.7 Å². The number of methoxy groups -OCH3 is 1. The number of halogens is 1. The Labute approximate surface area is 164 Å². The van der Waals surface area contributed by atoms with Crippen LogP contribution in [0.25, 0.3) is 0 Å². The number of ether oxygens (including phenoxy) is 1. The molecule has 0 aliphatic heterocycles. The molecule has 1 amide bonds. The molecule has 0 aromatic heterocycles. The van der Waals surface area contributed by atoms with Crippen molar-refractivity contribution in [1.29, 1.82) is 5.26 Å². The molecule has 0 bridgehead atoms. The van der Waals surface area contributed by atoms with Gasteiger partial charge in [-0.2, -0.15) is 5.26 Å². The van der Waals surface area contributed by atoms with E-state index >= 15 is 0 Å². The lowest BCUT2D eigenvalue weighted by molar-refractivity contribution is -0.116. The molecule has 6 heteroatoms. The zero-order valence-corrected chi connectivity index (χ0v) is 16.0. The predicted octanol–water partition coefficient (Wildman–Crippen LogP) is 4.21. The maximum absolute atomic E-state index is 12.3. The summed E-state index contributed by atoms with van der Waals surface area (Å²) in [6, 6.07) is 15.5. The molecule has 1 aliphatic rings. The van der Waals surface area contributed by atoms with Crippen LogP contribution in [0.15, 0.2) is 42.5 Å². The number of carbonyl (C=O) groups is 1. The number of nitriles is 1. The molecular weight excluding hydrogens is 362 g/mol. The molecule has 2 aromatic rings. The van der Waals surface area contributed by atoms with Crippen LogP contribution in [0.3, 0.4) is 0 Å². The maximum atomic E-state index is 12.3. The lowest BCUT2D eigenvalue weighted by Crippen LogP contribution is -2.29. The van der Waals surface area contributed by atoms with E-state index in [0.29, 0.717) is 35.3 Å². The highest BCUT2D eigenvalue weighted by Crippen LogP contribution is 2.29. The third-order valence-corrected chi connectivity index (χ3v) is 4.92. The van der Waals surface area contributed by atoms with Crippen LogP contribution >= 0.6 is 11.6 Å². The zero-order chi connectivity index (χ0) is 19.2. The fraction of sp³-hybridized carbons (Fsp3) is 0.333. The molecule has 1 fully saturated rings. The lowest BCUT2D eigenvalue weighted by Gasteiger charge is -2.22. The van der Waals surface area contributed by atoms with Crippen molar-refractivity contribution in [3.8, 4) is 11.8 Å². The Morgan fingerprint density at radius 3 is 2.63 bits per heavy atom. The minimum Gasteiger partial charge on any atom is -0.497 e. The van der Waals surface area contributed by atoms with Crippen molar-refractivity contribution in [2.45, 2.75) is 31.8 Å². The average molecular weight is 384 g/mol. The van der Waals surface area contributed by atoms with Crippen LogP contribution in [-0.2, 0) is 11.3 Å². The van der Waals surface area contributed by atoms with Gasteiger partial charge < -0.3 is 10.1 Å². The summed E-state index contributed by atoms with van der Waals surface area (Å²) in [5.74, 6) is 0.785. The highest BCUT2D eigenvalue weighted by molar-refractivity contribution is 6.32. The van der Waals surface area contributed by atoms with Gasteiger partial charge in [0, 0.05) is 31.2 Å². The summed E-state index contributed by atoms with van der Waals surface area (Å²) < 4.78 is 5.20. The predicted molar refractivity (Wildman–Crippen MR) is 106 cm³/mol. The fourth-order valence-electron chi connectivity index (χ4n) is 2.95. The van der Waals surface area contributed by atoms with Gasteiger partial charge in [-0.1, -0.05) is 23.7 Å². The molecule has 0 radical (unpaired) electrons. The van der Waals surface area contributed by atoms with Crippen LogP contribution < -0.4 is 10.1 Å². The van der Waals surface area contributed by atoms with Gasteiger partial charge in [-0.3, -0.25) is 9.69 Å². The number of nitrogens with zero attached hydrogens (tertiary/aromatic N) is 2. The summed E-state index contributed by atoms with van der Waals surface area (Å²) in [5, 5.41) is 12.1. The molecule has 1 N–H and O–H groups in total. The molecular formula is C21H22ClN3O2. The number of rotatable bonds is 8. The Balaban J connectivity index is 1.53. The van der Waals surface area contributed by atoms with E-state index < -0.39 is 0 Å². The largest absolute Gasteiger partial charge is 0.497 e. The van der Waals surface area contributed by atoms with Crippen molar-refractivity contribution < 1.29 is 9.53 Å². The molecule has 1 aliphatic carbocycles. The molecule has 140 valence electrons. The van der Waals surface area contributed by atoms with Gasteiger partial charge in [0.05, 0.1) is 17.7 Å². The molecule has 0 unspecified atom stereocenters. The second-order valence-corrected chi connectivity index (χ2v) is 7.06. The van der Waals surface area contributed by atoms with Crippen LogP contribution in [0.4, 0.5) is 5.69 Å². The molecule has 5 nitrogen and oxygen atoms in total. The first-order valence-electron chi connectivity index (χ1n) is 8.95. The second kappa shape index (κ2) is 8.90. The van der Waals surface area contributed by atoms with Gasteiger partial charge in [0.25, 0.3) is 0 Å². The third-order valence-electron chi connectivity index (χ3n) is 4.61. The topological polar surface area (TPSA) is 65.4 Å². The number of benzene rings is 2. The first kappa shape index (κ1) is 19.2. The fourth-order valence-corrected chi connectivity index (χ4v) is 3.17. The van der Waals surface area contributed by atoms with Crippen molar-refractivity contribution >= 4 is 23.2 Å². The van der Waals surface area contributed by atoms with Crippen molar-refractivity contribution in [3.63, 3.8) is 0 Å². The van der Waals surface area contributed by atoms with Crippen molar-refractivity contribution in [1.82, 2.24) is 4.90 Å². The minimum absolute atomic E-state index is 0.0591.